The van der Waals surface area contributed by atoms with Gasteiger partial charge in [0.05, 0.1) is 29.0 Å². The molecular formula is C11H13I2NO4. The first-order valence-electron chi connectivity index (χ1n) is 5.21. The Morgan fingerprint density at radius 3 is 2.72 bits per heavy atom. The second kappa shape index (κ2) is 8.12. The van der Waals surface area contributed by atoms with Crippen molar-refractivity contribution >= 4 is 51.1 Å². The normalized spacial score (nSPS) is 10.4. The van der Waals surface area contributed by atoms with Crippen molar-refractivity contribution in [1.82, 2.24) is 5.32 Å². The highest BCUT2D eigenvalue weighted by Gasteiger charge is 2.14. The van der Waals surface area contributed by atoms with E-state index in [4.69, 9.17) is 9.84 Å². The number of amides is 1. The number of benzene rings is 1. The number of carbonyl (C=O) groups excluding carboxylic acids is 1. The summed E-state index contributed by atoms with van der Waals surface area (Å²) in [4.78, 5) is 11.8. The number of hydrogen-bond acceptors (Lipinski definition) is 4. The molecule has 0 aliphatic heterocycles. The monoisotopic (exact) mass is 477 g/mol. The van der Waals surface area contributed by atoms with E-state index in [1.165, 1.54) is 0 Å². The predicted molar refractivity (Wildman–Crippen MR) is 83.8 cm³/mol. The Morgan fingerprint density at radius 2 is 2.06 bits per heavy atom. The van der Waals surface area contributed by atoms with Crippen molar-refractivity contribution in [2.24, 2.45) is 0 Å². The summed E-state index contributed by atoms with van der Waals surface area (Å²) >= 11 is 4.07. The lowest BCUT2D eigenvalue weighted by Gasteiger charge is -2.09. The number of nitrogens with one attached hydrogen (secondary N) is 1. The average Bonchev–Trinajstić information content (AvgIpc) is 2.33. The van der Waals surface area contributed by atoms with Crippen LogP contribution in [0.25, 0.3) is 0 Å². The third-order valence-electron chi connectivity index (χ3n) is 2.04. The molecule has 0 fully saturated rings. The second-order valence-corrected chi connectivity index (χ2v) is 5.78. The first-order valence-corrected chi connectivity index (χ1v) is 7.37. The van der Waals surface area contributed by atoms with Crippen LogP contribution in [0, 0.1) is 7.14 Å². The van der Waals surface area contributed by atoms with Gasteiger partial charge in [-0.1, -0.05) is 0 Å². The van der Waals surface area contributed by atoms with Crippen LogP contribution in [0.1, 0.15) is 10.4 Å². The van der Waals surface area contributed by atoms with Gasteiger partial charge in [0.25, 0.3) is 5.91 Å². The van der Waals surface area contributed by atoms with E-state index in [2.05, 4.69) is 27.9 Å². The summed E-state index contributed by atoms with van der Waals surface area (Å²) in [6.07, 6.45) is 0. The van der Waals surface area contributed by atoms with Crippen molar-refractivity contribution in [2.75, 3.05) is 26.4 Å². The molecule has 0 heterocycles. The molecule has 0 unspecified atom stereocenters. The van der Waals surface area contributed by atoms with E-state index in [0.29, 0.717) is 16.7 Å². The molecule has 0 aliphatic carbocycles. The zero-order chi connectivity index (χ0) is 13.5. The molecule has 3 N–H and O–H groups in total. The minimum absolute atomic E-state index is 0.00945. The molecule has 5 nitrogen and oxygen atoms in total. The Kier molecular flexibility index (Phi) is 7.19. The predicted octanol–water partition coefficient (Wildman–Crippen LogP) is 1.34. The number of aliphatic hydroxyl groups is 1. The molecule has 18 heavy (non-hydrogen) atoms. The van der Waals surface area contributed by atoms with E-state index in [9.17, 15) is 9.90 Å². The lowest BCUT2D eigenvalue weighted by Crippen LogP contribution is -2.27. The summed E-state index contributed by atoms with van der Waals surface area (Å²) in [5.74, 6) is -0.346. The minimum atomic E-state index is -0.337. The van der Waals surface area contributed by atoms with E-state index < -0.39 is 0 Å². The van der Waals surface area contributed by atoms with Crippen LogP contribution in [0.15, 0.2) is 12.1 Å². The summed E-state index contributed by atoms with van der Waals surface area (Å²) in [6.45, 7) is 0.875. The quantitative estimate of drug-likeness (QED) is 0.427. The van der Waals surface area contributed by atoms with Crippen molar-refractivity contribution in [3.8, 4) is 5.75 Å². The van der Waals surface area contributed by atoms with Crippen molar-refractivity contribution in [1.29, 1.82) is 0 Å². The molecule has 1 aromatic carbocycles. The zero-order valence-corrected chi connectivity index (χ0v) is 13.8. The summed E-state index contributed by atoms with van der Waals surface area (Å²) in [5.41, 5.74) is 0.258. The van der Waals surface area contributed by atoms with Crippen LogP contribution >= 0.6 is 45.2 Å². The summed E-state index contributed by atoms with van der Waals surface area (Å²) in [5, 5.41) is 20.9. The number of rotatable bonds is 6. The van der Waals surface area contributed by atoms with Crippen LogP contribution in [0.4, 0.5) is 0 Å². The van der Waals surface area contributed by atoms with Gasteiger partial charge in [0, 0.05) is 10.1 Å². The van der Waals surface area contributed by atoms with Gasteiger partial charge >= 0.3 is 0 Å². The molecule has 0 saturated heterocycles. The SMILES string of the molecule is O=C(NCCOCCO)c1cc(I)cc(I)c1O. The highest BCUT2D eigenvalue weighted by atomic mass is 127. The molecule has 1 rings (SSSR count). The van der Waals surface area contributed by atoms with Gasteiger partial charge in [0.2, 0.25) is 0 Å². The van der Waals surface area contributed by atoms with Gasteiger partial charge in [-0.15, -0.1) is 0 Å². The summed E-state index contributed by atoms with van der Waals surface area (Å²) in [7, 11) is 0. The Bertz CT molecular complexity index is 426. The topological polar surface area (TPSA) is 78.8 Å². The Balaban J connectivity index is 2.56. The van der Waals surface area contributed by atoms with Gasteiger partial charge in [-0.05, 0) is 57.3 Å². The van der Waals surface area contributed by atoms with Gasteiger partial charge in [0.1, 0.15) is 5.75 Å². The first kappa shape index (κ1) is 15.9. The Labute approximate surface area is 132 Å². The fraction of sp³-hybridized carbons (Fsp3) is 0.364. The molecule has 1 aromatic rings. The summed E-state index contributed by atoms with van der Waals surface area (Å²) < 4.78 is 6.54. The molecule has 0 atom stereocenters. The number of phenols is 1. The standard InChI is InChI=1S/C11H13I2NO4/c12-7-5-8(10(16)9(13)6-7)11(17)14-1-3-18-4-2-15/h5-6,15-16H,1-4H2,(H,14,17). The van der Waals surface area contributed by atoms with Gasteiger partial charge in [-0.25, -0.2) is 0 Å². The fourth-order valence-corrected chi connectivity index (χ4v) is 3.08. The fourth-order valence-electron chi connectivity index (χ4n) is 1.24. The van der Waals surface area contributed by atoms with Crippen LogP contribution < -0.4 is 5.32 Å². The van der Waals surface area contributed by atoms with Crippen molar-refractivity contribution in [3.05, 3.63) is 24.8 Å². The van der Waals surface area contributed by atoms with Crippen LogP contribution in [0.3, 0.4) is 0 Å². The molecule has 100 valence electrons. The Hall–Kier alpha value is -0.130. The van der Waals surface area contributed by atoms with Crippen LogP contribution in [0.2, 0.25) is 0 Å². The molecule has 0 saturated carbocycles. The maximum atomic E-state index is 11.8. The molecule has 0 aromatic heterocycles. The number of phenolic OH excluding ortho intramolecular Hbond substituents is 1. The summed E-state index contributed by atoms with van der Waals surface area (Å²) in [6, 6.07) is 3.42. The molecule has 0 aliphatic rings. The van der Waals surface area contributed by atoms with Crippen LogP contribution in [0.5, 0.6) is 5.75 Å². The average molecular weight is 477 g/mol. The zero-order valence-electron chi connectivity index (χ0n) is 9.45. The Morgan fingerprint density at radius 1 is 1.33 bits per heavy atom. The van der Waals surface area contributed by atoms with E-state index in [1.54, 1.807) is 12.1 Å². The van der Waals surface area contributed by atoms with E-state index in [1.807, 2.05) is 22.6 Å². The number of ether oxygens (including phenoxy) is 1. The van der Waals surface area contributed by atoms with Crippen molar-refractivity contribution in [3.63, 3.8) is 0 Å². The maximum Gasteiger partial charge on any atom is 0.255 e. The van der Waals surface area contributed by atoms with Gasteiger partial charge in [-0.2, -0.15) is 0 Å². The van der Waals surface area contributed by atoms with E-state index >= 15 is 0 Å². The number of halogens is 2. The lowest BCUT2D eigenvalue weighted by molar-refractivity contribution is 0.0836. The van der Waals surface area contributed by atoms with Gasteiger partial charge in [-0.3, -0.25) is 4.79 Å². The first-order chi connectivity index (χ1) is 8.56. The van der Waals surface area contributed by atoms with Gasteiger partial charge in [0.15, 0.2) is 0 Å². The second-order valence-electron chi connectivity index (χ2n) is 3.38. The van der Waals surface area contributed by atoms with E-state index in [0.717, 1.165) is 3.57 Å². The lowest BCUT2D eigenvalue weighted by atomic mass is 10.2. The van der Waals surface area contributed by atoms with Gasteiger partial charge < -0.3 is 20.3 Å². The van der Waals surface area contributed by atoms with E-state index in [-0.39, 0.29) is 30.4 Å². The largest absolute Gasteiger partial charge is 0.506 e. The molecule has 0 spiro atoms. The van der Waals surface area contributed by atoms with Crippen molar-refractivity contribution in [2.45, 2.75) is 0 Å². The molecule has 1 amide bonds. The highest BCUT2D eigenvalue weighted by Crippen LogP contribution is 2.26. The highest BCUT2D eigenvalue weighted by molar-refractivity contribution is 14.1. The van der Waals surface area contributed by atoms with Crippen LogP contribution in [-0.2, 0) is 4.74 Å². The minimum Gasteiger partial charge on any atom is -0.506 e. The molecule has 7 heteroatoms. The van der Waals surface area contributed by atoms with Crippen molar-refractivity contribution < 1.29 is 19.7 Å². The maximum absolute atomic E-state index is 11.8. The number of carbonyl (C=O) groups is 1. The molecule has 0 bridgehead atoms. The van der Waals surface area contributed by atoms with Crippen LogP contribution in [-0.4, -0.2) is 42.5 Å². The third-order valence-corrected chi connectivity index (χ3v) is 3.49. The number of aliphatic hydroxyl groups excluding tert-OH is 1. The third kappa shape index (κ3) is 4.86. The smallest absolute Gasteiger partial charge is 0.255 e. The molecule has 0 radical (unpaired) electrons. The molecular weight excluding hydrogens is 464 g/mol. The number of aromatic hydroxyl groups is 1. The number of hydrogen-bond donors (Lipinski definition) is 3.